The van der Waals surface area contributed by atoms with Gasteiger partial charge in [0.15, 0.2) is 0 Å². The van der Waals surface area contributed by atoms with E-state index in [0.29, 0.717) is 0 Å². The summed E-state index contributed by atoms with van der Waals surface area (Å²) in [5.74, 6) is 0. The number of methoxy groups -OCH3 is 1. The van der Waals surface area contributed by atoms with Crippen LogP contribution in [0, 0.1) is 0 Å². The fraction of sp³-hybridized carbons (Fsp3) is 0.692. The summed E-state index contributed by atoms with van der Waals surface area (Å²) >= 11 is 0. The maximum atomic E-state index is 5.57. The topological polar surface area (TPSA) is 26.2 Å². The van der Waals surface area contributed by atoms with E-state index in [-0.39, 0.29) is 5.60 Å². The van der Waals surface area contributed by atoms with Gasteiger partial charge in [0.2, 0.25) is 0 Å². The van der Waals surface area contributed by atoms with Crippen molar-refractivity contribution in [3.63, 3.8) is 0 Å². The minimum absolute atomic E-state index is 0.132. The van der Waals surface area contributed by atoms with E-state index in [1.54, 1.807) is 0 Å². The highest BCUT2D eigenvalue weighted by atomic mass is 16.5. The number of ether oxygens (including phenoxy) is 1. The summed E-state index contributed by atoms with van der Waals surface area (Å²) < 4.78 is 7.77. The van der Waals surface area contributed by atoms with Crippen molar-refractivity contribution in [2.24, 2.45) is 0 Å². The lowest BCUT2D eigenvalue weighted by Gasteiger charge is -2.40. The monoisotopic (exact) mass is 222 g/mol. The van der Waals surface area contributed by atoms with Crippen LogP contribution in [-0.2, 0) is 17.8 Å². The Morgan fingerprint density at radius 1 is 1.50 bits per heavy atom. The van der Waals surface area contributed by atoms with Gasteiger partial charge in [-0.15, -0.1) is 0 Å². The second-order valence-electron chi connectivity index (χ2n) is 4.69. The van der Waals surface area contributed by atoms with Gasteiger partial charge < -0.3 is 14.6 Å². The third kappa shape index (κ3) is 2.47. The van der Waals surface area contributed by atoms with Crippen molar-refractivity contribution in [2.75, 3.05) is 13.7 Å². The number of rotatable bonds is 6. The van der Waals surface area contributed by atoms with Crippen molar-refractivity contribution >= 4 is 0 Å². The summed E-state index contributed by atoms with van der Waals surface area (Å²) in [5.41, 5.74) is 1.49. The molecule has 1 aromatic heterocycles. The third-order valence-corrected chi connectivity index (χ3v) is 3.65. The van der Waals surface area contributed by atoms with Gasteiger partial charge in [0.1, 0.15) is 0 Å². The molecule has 3 nitrogen and oxygen atoms in total. The third-order valence-electron chi connectivity index (χ3n) is 3.65. The Bertz CT molecular complexity index is 323. The summed E-state index contributed by atoms with van der Waals surface area (Å²) in [6.45, 7) is 5.12. The Morgan fingerprint density at radius 3 is 2.81 bits per heavy atom. The second kappa shape index (κ2) is 5.02. The quantitative estimate of drug-likeness (QED) is 0.798. The first kappa shape index (κ1) is 11.7. The predicted octanol–water partition coefficient (Wildman–Crippen LogP) is 2.17. The Kier molecular flexibility index (Phi) is 3.66. The van der Waals surface area contributed by atoms with E-state index in [4.69, 9.17) is 4.74 Å². The number of hydrogen-bond acceptors (Lipinski definition) is 2. The minimum Gasteiger partial charge on any atom is -0.377 e. The lowest BCUT2D eigenvalue weighted by molar-refractivity contribution is -0.0695. The van der Waals surface area contributed by atoms with Gasteiger partial charge in [-0.2, -0.15) is 0 Å². The standard InChI is InChI=1S/C13H22N2O/c1-3-15-8-5-12(10-15)9-14-11-13(16-2)6-4-7-13/h5,8,10,14H,3-4,6-7,9,11H2,1-2H3. The average Bonchev–Trinajstić information content (AvgIpc) is 2.70. The average molecular weight is 222 g/mol. The molecule has 1 fully saturated rings. The van der Waals surface area contributed by atoms with Crippen LogP contribution in [0.15, 0.2) is 18.5 Å². The second-order valence-corrected chi connectivity index (χ2v) is 4.69. The number of nitrogens with zero attached hydrogens (tertiary/aromatic N) is 1. The van der Waals surface area contributed by atoms with Crippen LogP contribution in [0.3, 0.4) is 0 Å². The van der Waals surface area contributed by atoms with Crippen molar-refractivity contribution in [2.45, 2.75) is 44.9 Å². The normalized spacial score (nSPS) is 18.4. The molecule has 1 aliphatic rings. The lowest BCUT2D eigenvalue weighted by Crippen LogP contribution is -2.47. The largest absolute Gasteiger partial charge is 0.377 e. The van der Waals surface area contributed by atoms with E-state index >= 15 is 0 Å². The van der Waals surface area contributed by atoms with E-state index in [1.165, 1.54) is 24.8 Å². The molecule has 0 bridgehead atoms. The highest BCUT2D eigenvalue weighted by Gasteiger charge is 2.36. The summed E-state index contributed by atoms with van der Waals surface area (Å²) in [5, 5.41) is 3.49. The van der Waals surface area contributed by atoms with E-state index in [0.717, 1.165) is 19.6 Å². The molecule has 0 radical (unpaired) electrons. The molecule has 0 atom stereocenters. The van der Waals surface area contributed by atoms with Gasteiger partial charge in [-0.1, -0.05) is 0 Å². The SMILES string of the molecule is CCn1ccc(CNCC2(OC)CCC2)c1. The molecule has 0 amide bonds. The first-order valence-corrected chi connectivity index (χ1v) is 6.18. The molecule has 1 saturated carbocycles. The van der Waals surface area contributed by atoms with Gasteiger partial charge in [-0.05, 0) is 37.8 Å². The summed E-state index contributed by atoms with van der Waals surface area (Å²) in [7, 11) is 1.83. The Hall–Kier alpha value is -0.800. The van der Waals surface area contributed by atoms with Crippen LogP contribution in [0.25, 0.3) is 0 Å². The van der Waals surface area contributed by atoms with Crippen molar-refractivity contribution in [1.82, 2.24) is 9.88 Å². The number of aryl methyl sites for hydroxylation is 1. The lowest BCUT2D eigenvalue weighted by atomic mass is 9.80. The molecule has 1 aliphatic carbocycles. The maximum Gasteiger partial charge on any atom is 0.0802 e. The van der Waals surface area contributed by atoms with Gasteiger partial charge in [-0.3, -0.25) is 0 Å². The van der Waals surface area contributed by atoms with Crippen LogP contribution in [0.1, 0.15) is 31.7 Å². The summed E-state index contributed by atoms with van der Waals surface area (Å²) in [6.07, 6.45) is 8.04. The Morgan fingerprint density at radius 2 is 2.31 bits per heavy atom. The Labute approximate surface area is 97.8 Å². The fourth-order valence-corrected chi connectivity index (χ4v) is 2.25. The molecule has 90 valence electrons. The van der Waals surface area contributed by atoms with Gasteiger partial charge in [0, 0.05) is 39.1 Å². The number of nitrogens with one attached hydrogen (secondary N) is 1. The molecule has 3 heteroatoms. The first-order valence-electron chi connectivity index (χ1n) is 6.18. The highest BCUT2D eigenvalue weighted by molar-refractivity contribution is 5.10. The molecular weight excluding hydrogens is 200 g/mol. The van der Waals surface area contributed by atoms with Crippen molar-refractivity contribution < 1.29 is 4.74 Å². The van der Waals surface area contributed by atoms with Crippen LogP contribution in [-0.4, -0.2) is 23.8 Å². The molecule has 16 heavy (non-hydrogen) atoms. The van der Waals surface area contributed by atoms with Gasteiger partial charge in [0.25, 0.3) is 0 Å². The molecule has 0 spiro atoms. The van der Waals surface area contributed by atoms with E-state index in [9.17, 15) is 0 Å². The molecule has 1 N–H and O–H groups in total. The van der Waals surface area contributed by atoms with Crippen LogP contribution in [0.4, 0.5) is 0 Å². The van der Waals surface area contributed by atoms with Crippen LogP contribution >= 0.6 is 0 Å². The fourth-order valence-electron chi connectivity index (χ4n) is 2.25. The van der Waals surface area contributed by atoms with Crippen LogP contribution in [0.2, 0.25) is 0 Å². The van der Waals surface area contributed by atoms with Crippen molar-refractivity contribution in [1.29, 1.82) is 0 Å². The highest BCUT2D eigenvalue weighted by Crippen LogP contribution is 2.34. The molecule has 1 heterocycles. The van der Waals surface area contributed by atoms with Gasteiger partial charge >= 0.3 is 0 Å². The predicted molar refractivity (Wildman–Crippen MR) is 65.4 cm³/mol. The molecular formula is C13H22N2O. The van der Waals surface area contributed by atoms with Crippen molar-refractivity contribution in [3.05, 3.63) is 24.0 Å². The summed E-state index contributed by atoms with van der Waals surface area (Å²) in [4.78, 5) is 0. The van der Waals surface area contributed by atoms with Gasteiger partial charge in [0.05, 0.1) is 5.60 Å². The van der Waals surface area contributed by atoms with E-state index < -0.39 is 0 Å². The van der Waals surface area contributed by atoms with Crippen LogP contribution < -0.4 is 5.32 Å². The number of aromatic nitrogens is 1. The maximum absolute atomic E-state index is 5.57. The molecule has 0 aromatic carbocycles. The zero-order valence-corrected chi connectivity index (χ0v) is 10.3. The Balaban J connectivity index is 1.75. The van der Waals surface area contributed by atoms with Crippen LogP contribution in [0.5, 0.6) is 0 Å². The zero-order valence-electron chi connectivity index (χ0n) is 10.3. The zero-order chi connectivity index (χ0) is 11.4. The molecule has 1 aromatic rings. The minimum atomic E-state index is 0.132. The number of hydrogen-bond donors (Lipinski definition) is 1. The molecule has 2 rings (SSSR count). The van der Waals surface area contributed by atoms with E-state index in [2.05, 4.69) is 35.3 Å². The van der Waals surface area contributed by atoms with Crippen molar-refractivity contribution in [3.8, 4) is 0 Å². The summed E-state index contributed by atoms with van der Waals surface area (Å²) in [6, 6.07) is 2.18. The molecule has 0 saturated heterocycles. The van der Waals surface area contributed by atoms with E-state index in [1.807, 2.05) is 7.11 Å². The smallest absolute Gasteiger partial charge is 0.0802 e. The van der Waals surface area contributed by atoms with Gasteiger partial charge in [-0.25, -0.2) is 0 Å². The molecule has 0 unspecified atom stereocenters. The first-order chi connectivity index (χ1) is 7.78. The molecule has 0 aliphatic heterocycles.